The van der Waals surface area contributed by atoms with E-state index in [1.807, 2.05) is 6.92 Å². The molecule has 0 aromatic rings. The molecule has 0 fully saturated rings. The average molecular weight is 186 g/mol. The smallest absolute Gasteiger partial charge is 0.0743 e. The van der Waals surface area contributed by atoms with Crippen LogP contribution in [-0.4, -0.2) is 22.4 Å². The molecule has 0 aliphatic rings. The third-order valence-electron chi connectivity index (χ3n) is 2.42. The number of hydrogen-bond acceptors (Lipinski definition) is 2. The zero-order valence-electron chi connectivity index (χ0n) is 8.74. The summed E-state index contributed by atoms with van der Waals surface area (Å²) in [4.78, 5) is 0. The molecule has 0 aromatic heterocycles. The number of aliphatic hydroxyl groups excluding tert-OH is 2. The highest BCUT2D eigenvalue weighted by atomic mass is 16.3. The van der Waals surface area contributed by atoms with Crippen LogP contribution in [0.1, 0.15) is 39.5 Å². The van der Waals surface area contributed by atoms with Crippen molar-refractivity contribution in [2.45, 2.75) is 51.7 Å². The van der Waals surface area contributed by atoms with Crippen molar-refractivity contribution in [1.29, 1.82) is 0 Å². The summed E-state index contributed by atoms with van der Waals surface area (Å²) in [5.41, 5.74) is 0. The molecule has 0 rings (SSSR count). The first-order valence-corrected chi connectivity index (χ1v) is 5.10. The van der Waals surface area contributed by atoms with Crippen LogP contribution in [0.2, 0.25) is 0 Å². The summed E-state index contributed by atoms with van der Waals surface area (Å²) < 4.78 is 0. The Hall–Kier alpha value is -0.340. The van der Waals surface area contributed by atoms with Gasteiger partial charge >= 0.3 is 0 Å². The average Bonchev–Trinajstić information content (AvgIpc) is 2.13. The predicted octanol–water partition coefficient (Wildman–Crippen LogP) is 2.11. The van der Waals surface area contributed by atoms with Crippen molar-refractivity contribution < 1.29 is 10.2 Å². The zero-order valence-corrected chi connectivity index (χ0v) is 8.74. The lowest BCUT2D eigenvalue weighted by atomic mass is 9.94. The second-order valence-corrected chi connectivity index (χ2v) is 3.73. The molecule has 0 amide bonds. The van der Waals surface area contributed by atoms with Gasteiger partial charge in [-0.2, -0.15) is 0 Å². The Labute approximate surface area is 81.3 Å². The third kappa shape index (κ3) is 5.83. The molecule has 3 unspecified atom stereocenters. The van der Waals surface area contributed by atoms with Gasteiger partial charge in [-0.1, -0.05) is 32.8 Å². The molecule has 0 bridgehead atoms. The number of unbranched alkanes of at least 4 members (excludes halogenated alkanes) is 1. The van der Waals surface area contributed by atoms with Crippen LogP contribution >= 0.6 is 0 Å². The molecular weight excluding hydrogens is 164 g/mol. The van der Waals surface area contributed by atoms with Gasteiger partial charge in [0.2, 0.25) is 0 Å². The van der Waals surface area contributed by atoms with E-state index >= 15 is 0 Å². The van der Waals surface area contributed by atoms with Gasteiger partial charge < -0.3 is 10.2 Å². The summed E-state index contributed by atoms with van der Waals surface area (Å²) in [5.74, 6) is 0.273. The van der Waals surface area contributed by atoms with Gasteiger partial charge in [0, 0.05) is 6.42 Å². The fourth-order valence-corrected chi connectivity index (χ4v) is 1.29. The van der Waals surface area contributed by atoms with Gasteiger partial charge in [0.25, 0.3) is 0 Å². The lowest BCUT2D eigenvalue weighted by molar-refractivity contribution is 0.0618. The molecule has 78 valence electrons. The first-order chi connectivity index (χ1) is 6.11. The summed E-state index contributed by atoms with van der Waals surface area (Å²) in [6, 6.07) is 0. The molecule has 0 saturated carbocycles. The highest BCUT2D eigenvalue weighted by Gasteiger charge is 2.15. The van der Waals surface area contributed by atoms with Gasteiger partial charge in [0.1, 0.15) is 0 Å². The lowest BCUT2D eigenvalue weighted by Gasteiger charge is -2.19. The maximum Gasteiger partial charge on any atom is 0.0743 e. The van der Waals surface area contributed by atoms with Crippen molar-refractivity contribution in [3.8, 4) is 0 Å². The molecule has 0 aromatic carbocycles. The zero-order chi connectivity index (χ0) is 10.3. The van der Waals surface area contributed by atoms with Crippen LogP contribution in [-0.2, 0) is 0 Å². The van der Waals surface area contributed by atoms with E-state index in [1.54, 1.807) is 0 Å². The van der Waals surface area contributed by atoms with Gasteiger partial charge in [-0.3, -0.25) is 0 Å². The van der Waals surface area contributed by atoms with Crippen molar-refractivity contribution in [3.05, 3.63) is 12.7 Å². The summed E-state index contributed by atoms with van der Waals surface area (Å²) >= 11 is 0. The quantitative estimate of drug-likeness (QED) is 0.598. The molecule has 0 aliphatic heterocycles. The fourth-order valence-electron chi connectivity index (χ4n) is 1.29. The second-order valence-electron chi connectivity index (χ2n) is 3.73. The topological polar surface area (TPSA) is 40.5 Å². The Morgan fingerprint density at radius 1 is 1.38 bits per heavy atom. The number of hydrogen-bond donors (Lipinski definition) is 2. The fraction of sp³-hybridized carbons (Fsp3) is 0.818. The maximum absolute atomic E-state index is 9.64. The van der Waals surface area contributed by atoms with Gasteiger partial charge in [-0.25, -0.2) is 0 Å². The molecule has 0 spiro atoms. The van der Waals surface area contributed by atoms with Gasteiger partial charge in [0.05, 0.1) is 12.2 Å². The molecule has 2 nitrogen and oxygen atoms in total. The monoisotopic (exact) mass is 186 g/mol. The van der Waals surface area contributed by atoms with Crippen LogP contribution < -0.4 is 0 Å². The van der Waals surface area contributed by atoms with Gasteiger partial charge in [0.15, 0.2) is 0 Å². The Kier molecular flexibility index (Phi) is 6.92. The molecule has 0 saturated heterocycles. The van der Waals surface area contributed by atoms with Crippen molar-refractivity contribution in [1.82, 2.24) is 0 Å². The Morgan fingerprint density at radius 2 is 2.00 bits per heavy atom. The standard InChI is InChI=1S/C11H22O2/c1-4-6-7-9(3)11(13)8-10(12)5-2/h5,9-13H,2,4,6-8H2,1,3H3. The highest BCUT2D eigenvalue weighted by Crippen LogP contribution is 2.16. The Balaban J connectivity index is 3.67. The molecule has 0 heterocycles. The van der Waals surface area contributed by atoms with E-state index in [0.29, 0.717) is 6.42 Å². The van der Waals surface area contributed by atoms with Crippen LogP contribution in [0.5, 0.6) is 0 Å². The molecule has 0 radical (unpaired) electrons. The molecule has 2 N–H and O–H groups in total. The van der Waals surface area contributed by atoms with Crippen molar-refractivity contribution >= 4 is 0 Å². The largest absolute Gasteiger partial charge is 0.393 e. The van der Waals surface area contributed by atoms with E-state index in [4.69, 9.17) is 0 Å². The van der Waals surface area contributed by atoms with Crippen molar-refractivity contribution in [2.75, 3.05) is 0 Å². The Bertz CT molecular complexity index is 134. The van der Waals surface area contributed by atoms with Crippen LogP contribution in [0.4, 0.5) is 0 Å². The summed E-state index contributed by atoms with van der Waals surface area (Å²) in [7, 11) is 0. The number of aliphatic hydroxyl groups is 2. The first kappa shape index (κ1) is 12.7. The van der Waals surface area contributed by atoms with Crippen LogP contribution in [0.15, 0.2) is 12.7 Å². The normalized spacial score (nSPS) is 17.8. The molecule has 13 heavy (non-hydrogen) atoms. The van der Waals surface area contributed by atoms with E-state index in [-0.39, 0.29) is 5.92 Å². The SMILES string of the molecule is C=CC(O)CC(O)C(C)CCCC. The van der Waals surface area contributed by atoms with Crippen LogP contribution in [0.3, 0.4) is 0 Å². The second kappa shape index (κ2) is 7.10. The van der Waals surface area contributed by atoms with Gasteiger partial charge in [-0.05, 0) is 12.3 Å². The summed E-state index contributed by atoms with van der Waals surface area (Å²) in [6.07, 6.45) is 4.23. The van der Waals surface area contributed by atoms with E-state index in [9.17, 15) is 10.2 Å². The minimum atomic E-state index is -0.570. The summed E-state index contributed by atoms with van der Waals surface area (Å²) in [6.45, 7) is 7.63. The minimum absolute atomic E-state index is 0.273. The van der Waals surface area contributed by atoms with Crippen LogP contribution in [0, 0.1) is 5.92 Å². The van der Waals surface area contributed by atoms with E-state index < -0.39 is 12.2 Å². The molecule has 3 atom stereocenters. The molecule has 0 aliphatic carbocycles. The van der Waals surface area contributed by atoms with Crippen LogP contribution in [0.25, 0.3) is 0 Å². The maximum atomic E-state index is 9.64. The number of rotatable bonds is 7. The van der Waals surface area contributed by atoms with Crippen molar-refractivity contribution in [3.63, 3.8) is 0 Å². The lowest BCUT2D eigenvalue weighted by Crippen LogP contribution is -2.22. The molecule has 2 heteroatoms. The molecular formula is C11H22O2. The van der Waals surface area contributed by atoms with E-state index in [0.717, 1.165) is 19.3 Å². The Morgan fingerprint density at radius 3 is 2.46 bits per heavy atom. The van der Waals surface area contributed by atoms with E-state index in [1.165, 1.54) is 6.08 Å². The van der Waals surface area contributed by atoms with Crippen molar-refractivity contribution in [2.24, 2.45) is 5.92 Å². The highest BCUT2D eigenvalue weighted by molar-refractivity contribution is 4.81. The first-order valence-electron chi connectivity index (χ1n) is 5.10. The van der Waals surface area contributed by atoms with Gasteiger partial charge in [-0.15, -0.1) is 6.58 Å². The predicted molar refractivity (Wildman–Crippen MR) is 55.5 cm³/mol. The van der Waals surface area contributed by atoms with E-state index in [2.05, 4.69) is 13.5 Å². The minimum Gasteiger partial charge on any atom is -0.393 e. The summed E-state index contributed by atoms with van der Waals surface area (Å²) in [5, 5.41) is 18.9. The third-order valence-corrected chi connectivity index (χ3v) is 2.42.